The van der Waals surface area contributed by atoms with E-state index in [4.69, 9.17) is 0 Å². The maximum Gasteiger partial charge on any atom is -0.00490 e. The van der Waals surface area contributed by atoms with E-state index in [2.05, 4.69) is 17.6 Å². The van der Waals surface area contributed by atoms with Crippen LogP contribution in [0.4, 0.5) is 0 Å². The molecule has 0 rings (SSSR count). The van der Waals surface area contributed by atoms with Gasteiger partial charge in [0.05, 0.1) is 0 Å². The van der Waals surface area contributed by atoms with E-state index >= 15 is 0 Å². The smallest absolute Gasteiger partial charge is 0.00490 e. The monoisotopic (exact) mass is 158 g/mol. The van der Waals surface area contributed by atoms with Crippen molar-refractivity contribution in [3.05, 3.63) is 0 Å². The van der Waals surface area contributed by atoms with Crippen LogP contribution in [-0.4, -0.2) is 26.7 Å². The van der Waals surface area contributed by atoms with E-state index < -0.39 is 0 Å². The largest absolute Gasteiger partial charge is 0.320 e. The Morgan fingerprint density at radius 2 is 1.55 bits per heavy atom. The third-order valence-electron chi connectivity index (χ3n) is 1.78. The number of hydrogen-bond donors (Lipinski definition) is 2. The molecule has 0 spiro atoms. The number of unbranched alkanes of at least 4 members (excludes halogenated alkanes) is 3. The molecule has 0 aromatic rings. The minimum absolute atomic E-state index is 1.11. The number of rotatable bonds is 8. The first-order valence-electron chi connectivity index (χ1n) is 4.77. The van der Waals surface area contributed by atoms with Crippen LogP contribution in [0.5, 0.6) is 0 Å². The van der Waals surface area contributed by atoms with Gasteiger partial charge in [-0.05, 0) is 39.5 Å². The summed E-state index contributed by atoms with van der Waals surface area (Å²) in [5.74, 6) is 0. The summed E-state index contributed by atoms with van der Waals surface area (Å²) in [7, 11) is 2.01. The van der Waals surface area contributed by atoms with Gasteiger partial charge in [-0.1, -0.05) is 19.8 Å². The molecular formula is C9H22N2. The molecule has 0 heterocycles. The van der Waals surface area contributed by atoms with Crippen molar-refractivity contribution >= 4 is 0 Å². The second-order valence-corrected chi connectivity index (χ2v) is 2.87. The Hall–Kier alpha value is -0.0800. The molecule has 2 nitrogen and oxygen atoms in total. The van der Waals surface area contributed by atoms with Gasteiger partial charge in [0.25, 0.3) is 0 Å². The van der Waals surface area contributed by atoms with E-state index in [9.17, 15) is 0 Å². The minimum atomic E-state index is 1.11. The average Bonchev–Trinajstić information content (AvgIpc) is 2.03. The first-order chi connectivity index (χ1) is 5.41. The molecule has 11 heavy (non-hydrogen) atoms. The highest BCUT2D eigenvalue weighted by atomic mass is 14.8. The predicted octanol–water partition coefficient (Wildman–Crippen LogP) is 1.38. The van der Waals surface area contributed by atoms with Crippen molar-refractivity contribution in [2.75, 3.05) is 26.7 Å². The lowest BCUT2D eigenvalue weighted by molar-refractivity contribution is 0.586. The fourth-order valence-electron chi connectivity index (χ4n) is 1.08. The predicted molar refractivity (Wildman–Crippen MR) is 50.9 cm³/mol. The van der Waals surface area contributed by atoms with E-state index in [1.165, 1.54) is 38.8 Å². The summed E-state index contributed by atoms with van der Waals surface area (Å²) < 4.78 is 0. The van der Waals surface area contributed by atoms with Crippen LogP contribution in [0.15, 0.2) is 0 Å². The lowest BCUT2D eigenvalue weighted by atomic mass is 10.2. The molecule has 0 unspecified atom stereocenters. The van der Waals surface area contributed by atoms with Gasteiger partial charge in [0, 0.05) is 0 Å². The summed E-state index contributed by atoms with van der Waals surface area (Å²) in [6.45, 7) is 5.62. The van der Waals surface area contributed by atoms with Crippen LogP contribution < -0.4 is 10.6 Å². The third kappa shape index (κ3) is 9.92. The molecule has 2 heteroatoms. The van der Waals surface area contributed by atoms with Gasteiger partial charge in [-0.15, -0.1) is 0 Å². The quantitative estimate of drug-likeness (QED) is 0.521. The van der Waals surface area contributed by atoms with Crippen LogP contribution in [0.3, 0.4) is 0 Å². The van der Waals surface area contributed by atoms with Gasteiger partial charge in [-0.25, -0.2) is 0 Å². The zero-order chi connectivity index (χ0) is 8.36. The van der Waals surface area contributed by atoms with E-state index in [1.807, 2.05) is 7.05 Å². The van der Waals surface area contributed by atoms with Crippen molar-refractivity contribution in [2.45, 2.75) is 32.6 Å². The summed E-state index contributed by atoms with van der Waals surface area (Å²) in [6, 6.07) is 0. The Kier molecular flexibility index (Phi) is 9.85. The summed E-state index contributed by atoms with van der Waals surface area (Å²) >= 11 is 0. The van der Waals surface area contributed by atoms with E-state index in [1.54, 1.807) is 0 Å². The molecule has 0 saturated heterocycles. The highest BCUT2D eigenvalue weighted by molar-refractivity contribution is 4.47. The van der Waals surface area contributed by atoms with E-state index in [-0.39, 0.29) is 0 Å². The molecule has 2 N–H and O–H groups in total. The van der Waals surface area contributed by atoms with E-state index in [0.717, 1.165) is 6.54 Å². The van der Waals surface area contributed by atoms with Crippen LogP contribution in [0.25, 0.3) is 0 Å². The molecule has 0 aliphatic carbocycles. The molecule has 0 aromatic heterocycles. The molecule has 0 saturated carbocycles. The molecule has 0 amide bonds. The fraction of sp³-hybridized carbons (Fsp3) is 1.00. The Morgan fingerprint density at radius 3 is 2.09 bits per heavy atom. The summed E-state index contributed by atoms with van der Waals surface area (Å²) in [6.07, 6.45) is 5.39. The van der Waals surface area contributed by atoms with Gasteiger partial charge in [0.1, 0.15) is 0 Å². The average molecular weight is 158 g/mol. The Bertz CT molecular complexity index is 56.6. The molecule has 0 atom stereocenters. The second kappa shape index (κ2) is 9.92. The normalized spacial score (nSPS) is 10.4. The number of hydrogen-bond acceptors (Lipinski definition) is 2. The Labute approximate surface area is 70.8 Å². The highest BCUT2D eigenvalue weighted by Crippen LogP contribution is 1.96. The molecule has 0 aliphatic heterocycles. The van der Waals surface area contributed by atoms with Gasteiger partial charge in [-0.2, -0.15) is 0 Å². The maximum atomic E-state index is 3.32. The standard InChI is InChI=1S/C9H22N2/c1-3-11-9-7-5-4-6-8-10-2/h10-11H,3-9H2,1-2H3. The van der Waals surface area contributed by atoms with Gasteiger partial charge in [0.15, 0.2) is 0 Å². The SMILES string of the molecule is CCNCCCCCCNC. The molecule has 0 aromatic carbocycles. The van der Waals surface area contributed by atoms with Crippen LogP contribution in [0.1, 0.15) is 32.6 Å². The van der Waals surface area contributed by atoms with Gasteiger partial charge in [-0.3, -0.25) is 0 Å². The highest BCUT2D eigenvalue weighted by Gasteiger charge is 1.87. The van der Waals surface area contributed by atoms with Crippen molar-refractivity contribution in [1.82, 2.24) is 10.6 Å². The molecule has 68 valence electrons. The fourth-order valence-corrected chi connectivity index (χ4v) is 1.08. The van der Waals surface area contributed by atoms with Crippen molar-refractivity contribution in [1.29, 1.82) is 0 Å². The zero-order valence-electron chi connectivity index (χ0n) is 7.95. The minimum Gasteiger partial charge on any atom is -0.320 e. The molecule has 0 radical (unpaired) electrons. The Balaban J connectivity index is 2.69. The summed E-state index contributed by atoms with van der Waals surface area (Å²) in [5, 5.41) is 6.48. The zero-order valence-corrected chi connectivity index (χ0v) is 7.95. The molecule has 0 bridgehead atoms. The summed E-state index contributed by atoms with van der Waals surface area (Å²) in [5.41, 5.74) is 0. The maximum absolute atomic E-state index is 3.32. The first kappa shape index (κ1) is 10.9. The van der Waals surface area contributed by atoms with Crippen LogP contribution >= 0.6 is 0 Å². The van der Waals surface area contributed by atoms with Crippen molar-refractivity contribution in [2.24, 2.45) is 0 Å². The molecule has 0 fully saturated rings. The topological polar surface area (TPSA) is 24.1 Å². The third-order valence-corrected chi connectivity index (χ3v) is 1.78. The van der Waals surface area contributed by atoms with Gasteiger partial charge >= 0.3 is 0 Å². The van der Waals surface area contributed by atoms with Gasteiger partial charge < -0.3 is 10.6 Å². The lowest BCUT2D eigenvalue weighted by Gasteiger charge is -2.01. The Morgan fingerprint density at radius 1 is 0.909 bits per heavy atom. The second-order valence-electron chi connectivity index (χ2n) is 2.87. The van der Waals surface area contributed by atoms with Gasteiger partial charge in [0.2, 0.25) is 0 Å². The molecule has 0 aliphatic rings. The summed E-state index contributed by atoms with van der Waals surface area (Å²) in [4.78, 5) is 0. The lowest BCUT2D eigenvalue weighted by Crippen LogP contribution is -2.14. The van der Waals surface area contributed by atoms with Crippen LogP contribution in [0.2, 0.25) is 0 Å². The van der Waals surface area contributed by atoms with Crippen molar-refractivity contribution in [3.8, 4) is 0 Å². The van der Waals surface area contributed by atoms with Crippen molar-refractivity contribution in [3.63, 3.8) is 0 Å². The first-order valence-corrected chi connectivity index (χ1v) is 4.77. The van der Waals surface area contributed by atoms with Crippen LogP contribution in [0, 0.1) is 0 Å². The molecular weight excluding hydrogens is 136 g/mol. The van der Waals surface area contributed by atoms with Crippen LogP contribution in [-0.2, 0) is 0 Å². The van der Waals surface area contributed by atoms with E-state index in [0.29, 0.717) is 0 Å². The van der Waals surface area contributed by atoms with Crippen molar-refractivity contribution < 1.29 is 0 Å². The number of nitrogens with one attached hydrogen (secondary N) is 2.